The van der Waals surface area contributed by atoms with Gasteiger partial charge in [0.2, 0.25) is 0 Å². The molecule has 0 aliphatic heterocycles. The van der Waals surface area contributed by atoms with Crippen molar-refractivity contribution in [2.45, 2.75) is 6.42 Å². The van der Waals surface area contributed by atoms with Crippen molar-refractivity contribution >= 4 is 12.0 Å². The Balaban J connectivity index is 2.74. The molecule has 0 amide bonds. The number of rotatable bonds is 3. The lowest BCUT2D eigenvalue weighted by Gasteiger charge is -1.97. The third-order valence-corrected chi connectivity index (χ3v) is 1.52. The normalized spacial score (nSPS) is 10.5. The first-order valence-electron chi connectivity index (χ1n) is 3.67. The molecule has 68 valence electrons. The van der Waals surface area contributed by atoms with Gasteiger partial charge in [0.05, 0.1) is 0 Å². The van der Waals surface area contributed by atoms with Crippen molar-refractivity contribution in [3.05, 3.63) is 35.6 Å². The zero-order valence-corrected chi connectivity index (χ0v) is 6.77. The van der Waals surface area contributed by atoms with Crippen molar-refractivity contribution in [3.63, 3.8) is 0 Å². The molecule has 1 rings (SSSR count). The standard InChI is InChI=1S/C9H8FNO2/c10-9-4-2-1-3-7(9)5-8(12)6-11-13/h1-4,6,13H,5H2/b11-6-. The van der Waals surface area contributed by atoms with Crippen molar-refractivity contribution in [2.24, 2.45) is 5.16 Å². The molecular formula is C9H8FNO2. The molecule has 0 spiro atoms. The average molecular weight is 181 g/mol. The van der Waals surface area contributed by atoms with Gasteiger partial charge in [-0.05, 0) is 11.6 Å². The van der Waals surface area contributed by atoms with Crippen LogP contribution in [0.2, 0.25) is 0 Å². The van der Waals surface area contributed by atoms with Crippen LogP contribution in [0.3, 0.4) is 0 Å². The highest BCUT2D eigenvalue weighted by Crippen LogP contribution is 2.06. The summed E-state index contributed by atoms with van der Waals surface area (Å²) in [5, 5.41) is 10.6. The number of oxime groups is 1. The monoisotopic (exact) mass is 181 g/mol. The minimum atomic E-state index is -0.437. The molecule has 0 heterocycles. The first kappa shape index (κ1) is 9.38. The van der Waals surface area contributed by atoms with Crippen LogP contribution in [0.5, 0.6) is 0 Å². The summed E-state index contributed by atoms with van der Waals surface area (Å²) in [7, 11) is 0. The highest BCUT2D eigenvalue weighted by molar-refractivity contribution is 6.27. The molecule has 3 nitrogen and oxygen atoms in total. The molecule has 4 heteroatoms. The lowest BCUT2D eigenvalue weighted by atomic mass is 10.1. The van der Waals surface area contributed by atoms with Gasteiger partial charge in [0, 0.05) is 6.42 Å². The highest BCUT2D eigenvalue weighted by atomic mass is 19.1. The Morgan fingerprint density at radius 1 is 1.54 bits per heavy atom. The van der Waals surface area contributed by atoms with E-state index in [9.17, 15) is 9.18 Å². The molecule has 0 aromatic heterocycles. The van der Waals surface area contributed by atoms with E-state index < -0.39 is 11.6 Å². The van der Waals surface area contributed by atoms with Crippen LogP contribution in [-0.4, -0.2) is 17.2 Å². The molecule has 13 heavy (non-hydrogen) atoms. The largest absolute Gasteiger partial charge is 0.411 e. The van der Waals surface area contributed by atoms with Crippen LogP contribution < -0.4 is 0 Å². The maximum Gasteiger partial charge on any atom is 0.181 e. The molecule has 0 bridgehead atoms. The molecule has 0 fully saturated rings. The summed E-state index contributed by atoms with van der Waals surface area (Å²) in [6.07, 6.45) is 0.670. The predicted octanol–water partition coefficient (Wildman–Crippen LogP) is 1.40. The molecule has 0 unspecified atom stereocenters. The van der Waals surface area contributed by atoms with Crippen molar-refractivity contribution in [1.82, 2.24) is 0 Å². The van der Waals surface area contributed by atoms with E-state index in [0.717, 1.165) is 6.21 Å². The van der Waals surface area contributed by atoms with E-state index >= 15 is 0 Å². The summed E-state index contributed by atoms with van der Waals surface area (Å²) < 4.78 is 12.9. The molecule has 0 radical (unpaired) electrons. The van der Waals surface area contributed by atoms with Crippen LogP contribution in [0.4, 0.5) is 4.39 Å². The molecule has 0 aliphatic rings. The van der Waals surface area contributed by atoms with Gasteiger partial charge in [-0.15, -0.1) is 0 Å². The van der Waals surface area contributed by atoms with E-state index in [-0.39, 0.29) is 6.42 Å². The fraction of sp³-hybridized carbons (Fsp3) is 0.111. The lowest BCUT2D eigenvalue weighted by molar-refractivity contribution is -0.112. The summed E-state index contributed by atoms with van der Waals surface area (Å²) in [6, 6.07) is 5.97. The molecule has 1 aromatic rings. The molecule has 0 saturated heterocycles. The molecular weight excluding hydrogens is 173 g/mol. The van der Waals surface area contributed by atoms with Crippen molar-refractivity contribution in [2.75, 3.05) is 0 Å². The van der Waals surface area contributed by atoms with Gasteiger partial charge in [0.15, 0.2) is 5.78 Å². The van der Waals surface area contributed by atoms with Crippen LogP contribution in [0.15, 0.2) is 29.4 Å². The number of nitrogens with zero attached hydrogens (tertiary/aromatic N) is 1. The SMILES string of the molecule is O=C(/C=N\O)Cc1ccccc1F. The summed E-state index contributed by atoms with van der Waals surface area (Å²) in [5.41, 5.74) is 0.299. The quantitative estimate of drug-likeness (QED) is 0.435. The fourth-order valence-corrected chi connectivity index (χ4v) is 0.940. The second-order valence-electron chi connectivity index (χ2n) is 2.48. The predicted molar refractivity (Wildman–Crippen MR) is 45.4 cm³/mol. The van der Waals surface area contributed by atoms with E-state index in [4.69, 9.17) is 5.21 Å². The Morgan fingerprint density at radius 2 is 2.23 bits per heavy atom. The van der Waals surface area contributed by atoms with E-state index in [1.807, 2.05) is 0 Å². The lowest BCUT2D eigenvalue weighted by Crippen LogP contribution is -2.05. The number of carbonyl (C=O) groups is 1. The number of benzene rings is 1. The highest BCUT2D eigenvalue weighted by Gasteiger charge is 2.04. The second-order valence-corrected chi connectivity index (χ2v) is 2.48. The maximum atomic E-state index is 12.9. The average Bonchev–Trinajstić information content (AvgIpc) is 2.09. The Kier molecular flexibility index (Phi) is 3.14. The van der Waals surface area contributed by atoms with Gasteiger partial charge in [-0.2, -0.15) is 0 Å². The van der Waals surface area contributed by atoms with Gasteiger partial charge in [-0.1, -0.05) is 23.4 Å². The smallest absolute Gasteiger partial charge is 0.181 e. The molecule has 1 aromatic carbocycles. The Morgan fingerprint density at radius 3 is 2.85 bits per heavy atom. The van der Waals surface area contributed by atoms with Crippen molar-refractivity contribution < 1.29 is 14.4 Å². The van der Waals surface area contributed by atoms with Crippen molar-refractivity contribution in [1.29, 1.82) is 0 Å². The van der Waals surface area contributed by atoms with Gasteiger partial charge in [-0.25, -0.2) is 4.39 Å². The first-order valence-corrected chi connectivity index (χ1v) is 3.67. The summed E-state index contributed by atoms with van der Waals surface area (Å²) in [4.78, 5) is 10.9. The van der Waals surface area contributed by atoms with Gasteiger partial charge in [0.25, 0.3) is 0 Å². The minimum Gasteiger partial charge on any atom is -0.411 e. The maximum absolute atomic E-state index is 12.9. The van der Waals surface area contributed by atoms with Crippen molar-refractivity contribution in [3.8, 4) is 0 Å². The number of Topliss-reactive ketones (excluding diaryl/α,β-unsaturated/α-hetero) is 1. The van der Waals surface area contributed by atoms with Crippen LogP contribution >= 0.6 is 0 Å². The minimum absolute atomic E-state index is 0.0866. The summed E-state index contributed by atoms with van der Waals surface area (Å²) in [5.74, 6) is -0.866. The number of hydrogen-bond donors (Lipinski definition) is 1. The Hall–Kier alpha value is -1.71. The third kappa shape index (κ3) is 2.66. The number of halogens is 1. The van der Waals surface area contributed by atoms with Gasteiger partial charge in [-0.3, -0.25) is 4.79 Å². The summed E-state index contributed by atoms with van der Waals surface area (Å²) in [6.45, 7) is 0. The Labute approximate surface area is 74.5 Å². The van der Waals surface area contributed by atoms with Crippen LogP contribution in [0.1, 0.15) is 5.56 Å². The van der Waals surface area contributed by atoms with Crippen LogP contribution in [-0.2, 0) is 11.2 Å². The first-order chi connectivity index (χ1) is 6.24. The van der Waals surface area contributed by atoms with Crippen LogP contribution in [0, 0.1) is 5.82 Å². The van der Waals surface area contributed by atoms with Gasteiger partial charge < -0.3 is 5.21 Å². The molecule has 0 aliphatic carbocycles. The second kappa shape index (κ2) is 4.35. The molecule has 1 N–H and O–H groups in total. The van der Waals surface area contributed by atoms with E-state index in [1.54, 1.807) is 12.1 Å². The number of hydrogen-bond acceptors (Lipinski definition) is 3. The zero-order valence-electron chi connectivity index (χ0n) is 6.77. The molecule has 0 atom stereocenters. The third-order valence-electron chi connectivity index (χ3n) is 1.52. The fourth-order valence-electron chi connectivity index (χ4n) is 0.940. The topological polar surface area (TPSA) is 49.7 Å². The number of ketones is 1. The zero-order chi connectivity index (χ0) is 9.68. The van der Waals surface area contributed by atoms with Gasteiger partial charge in [0.1, 0.15) is 12.0 Å². The van der Waals surface area contributed by atoms with E-state index in [0.29, 0.717) is 5.56 Å². The Bertz CT molecular complexity index is 336. The van der Waals surface area contributed by atoms with E-state index in [2.05, 4.69) is 5.16 Å². The number of carbonyl (C=O) groups excluding carboxylic acids is 1. The molecule has 0 saturated carbocycles. The van der Waals surface area contributed by atoms with E-state index in [1.165, 1.54) is 12.1 Å². The summed E-state index contributed by atoms with van der Waals surface area (Å²) >= 11 is 0. The van der Waals surface area contributed by atoms with Crippen LogP contribution in [0.25, 0.3) is 0 Å². The van der Waals surface area contributed by atoms with Gasteiger partial charge >= 0.3 is 0 Å².